The molecule has 0 spiro atoms. The molecule has 2 aliphatic carbocycles. The molecule has 0 saturated heterocycles. The molecule has 0 N–H and O–H groups in total. The minimum absolute atomic E-state index is 0. The predicted molar refractivity (Wildman–Crippen MR) is 152 cm³/mol. The molecule has 3 aliphatic rings. The van der Waals surface area contributed by atoms with Gasteiger partial charge in [-0.25, -0.2) is 4.79 Å². The third-order valence-electron chi connectivity index (χ3n) is 8.29. The molecule has 1 amide bonds. The van der Waals surface area contributed by atoms with Crippen LogP contribution in [0, 0.1) is 11.8 Å². The van der Waals surface area contributed by atoms with Gasteiger partial charge >= 0.3 is 6.09 Å². The fourth-order valence-electron chi connectivity index (χ4n) is 6.08. The van der Waals surface area contributed by atoms with E-state index in [1.165, 1.54) is 0 Å². The van der Waals surface area contributed by atoms with E-state index in [1.54, 1.807) is 4.90 Å². The highest BCUT2D eigenvalue weighted by Gasteiger charge is 2.32. The van der Waals surface area contributed by atoms with E-state index in [9.17, 15) is 19.2 Å². The van der Waals surface area contributed by atoms with Gasteiger partial charge in [0.1, 0.15) is 29.5 Å². The monoisotopic (exact) mass is 547 g/mol. The van der Waals surface area contributed by atoms with Gasteiger partial charge in [-0.15, -0.1) is 0 Å². The summed E-state index contributed by atoms with van der Waals surface area (Å²) in [6, 6.07) is 11.8. The zero-order valence-corrected chi connectivity index (χ0v) is 23.8. The number of hydrogen-bond acceptors (Lipinski definition) is 6. The molecule has 7 nitrogen and oxygen atoms in total. The molecule has 2 aromatic rings. The molecule has 0 bridgehead atoms. The zero-order valence-electron chi connectivity index (χ0n) is 23.8. The summed E-state index contributed by atoms with van der Waals surface area (Å²) in [5.41, 5.74) is 4.36. The molecule has 1 heterocycles. The second-order valence-electron chi connectivity index (χ2n) is 12.4. The van der Waals surface area contributed by atoms with Crippen molar-refractivity contribution in [2.45, 2.75) is 97.4 Å². The molecule has 5 rings (SSSR count). The number of carbonyl (C=O) groups excluding carboxylic acids is 4. The van der Waals surface area contributed by atoms with Gasteiger partial charge in [-0.2, -0.15) is 0 Å². The minimum atomic E-state index is -0.531. The van der Waals surface area contributed by atoms with Crippen LogP contribution in [0.3, 0.4) is 0 Å². The minimum Gasteiger partial charge on any atom is -0.489 e. The highest BCUT2D eigenvalue weighted by atomic mass is 16.6. The predicted octanol–water partition coefficient (Wildman–Crippen LogP) is 6.62. The number of hydrogen-bond donors (Lipinski definition) is 0. The van der Waals surface area contributed by atoms with Gasteiger partial charge in [0.05, 0.1) is 0 Å². The molecule has 1 fully saturated rings. The molecule has 2 aromatic carbocycles. The van der Waals surface area contributed by atoms with Gasteiger partial charge in [0.25, 0.3) is 0 Å². The van der Waals surface area contributed by atoms with Crippen LogP contribution in [-0.2, 0) is 40.4 Å². The van der Waals surface area contributed by atoms with Crippen LogP contribution < -0.4 is 4.74 Å². The Morgan fingerprint density at radius 1 is 0.925 bits per heavy atom. The summed E-state index contributed by atoms with van der Waals surface area (Å²) in [4.78, 5) is 51.8. The number of Topliss-reactive ketones (excluding diaryl/α,β-unsaturated/α-hetero) is 3. The first kappa shape index (κ1) is 28.1. The van der Waals surface area contributed by atoms with E-state index in [2.05, 4.69) is 6.07 Å². The Hall–Kier alpha value is -3.48. The SMILES string of the molecule is CC(C)(C)OC(=O)N1Cc2ccc(COc3cccc4c3CCC(CCC3CCC(=O)CCC3=O)C4=O)cc2C1.[HH]. The van der Waals surface area contributed by atoms with Gasteiger partial charge in [-0.05, 0) is 75.6 Å². The maximum atomic E-state index is 13.4. The number of benzene rings is 2. The lowest BCUT2D eigenvalue weighted by Crippen LogP contribution is -2.33. The topological polar surface area (TPSA) is 90.0 Å². The number of ketones is 3. The summed E-state index contributed by atoms with van der Waals surface area (Å²) in [5, 5.41) is 0. The molecule has 40 heavy (non-hydrogen) atoms. The Morgan fingerprint density at radius 2 is 1.68 bits per heavy atom. The number of amides is 1. The summed E-state index contributed by atoms with van der Waals surface area (Å²) in [7, 11) is 0. The summed E-state index contributed by atoms with van der Waals surface area (Å²) < 4.78 is 11.8. The summed E-state index contributed by atoms with van der Waals surface area (Å²) >= 11 is 0. The van der Waals surface area contributed by atoms with Crippen LogP contribution >= 0.6 is 0 Å². The average molecular weight is 548 g/mol. The number of fused-ring (bicyclic) bond motifs is 2. The van der Waals surface area contributed by atoms with E-state index < -0.39 is 5.60 Å². The van der Waals surface area contributed by atoms with Crippen LogP contribution in [-0.4, -0.2) is 33.9 Å². The molecule has 0 aromatic heterocycles. The molecular formula is C33H41NO6. The van der Waals surface area contributed by atoms with Crippen LogP contribution in [0.4, 0.5) is 4.79 Å². The van der Waals surface area contributed by atoms with E-state index in [0.717, 1.165) is 46.4 Å². The number of nitrogens with zero attached hydrogens (tertiary/aromatic N) is 1. The summed E-state index contributed by atoms with van der Waals surface area (Å²) in [6.07, 6.45) is 4.36. The van der Waals surface area contributed by atoms with Crippen molar-refractivity contribution in [1.29, 1.82) is 0 Å². The van der Waals surface area contributed by atoms with Crippen molar-refractivity contribution < 1.29 is 30.1 Å². The molecule has 214 valence electrons. The first-order chi connectivity index (χ1) is 19.1. The maximum Gasteiger partial charge on any atom is 0.410 e. The smallest absolute Gasteiger partial charge is 0.410 e. The lowest BCUT2D eigenvalue weighted by Gasteiger charge is -2.26. The number of rotatable bonds is 6. The van der Waals surface area contributed by atoms with E-state index in [0.29, 0.717) is 58.2 Å². The van der Waals surface area contributed by atoms with Crippen molar-refractivity contribution >= 4 is 23.4 Å². The van der Waals surface area contributed by atoms with Gasteiger partial charge in [0.15, 0.2) is 5.78 Å². The first-order valence-electron chi connectivity index (χ1n) is 14.5. The zero-order chi connectivity index (χ0) is 28.4. The van der Waals surface area contributed by atoms with Crippen LogP contribution in [0.5, 0.6) is 5.75 Å². The van der Waals surface area contributed by atoms with Crippen molar-refractivity contribution in [3.05, 3.63) is 64.2 Å². The highest BCUT2D eigenvalue weighted by molar-refractivity contribution is 6.00. The largest absolute Gasteiger partial charge is 0.489 e. The lowest BCUT2D eigenvalue weighted by molar-refractivity contribution is -0.124. The van der Waals surface area contributed by atoms with Crippen LogP contribution in [0.2, 0.25) is 0 Å². The van der Waals surface area contributed by atoms with Gasteiger partial charge < -0.3 is 9.47 Å². The van der Waals surface area contributed by atoms with Crippen molar-refractivity contribution in [2.24, 2.45) is 11.8 Å². The van der Waals surface area contributed by atoms with E-state index in [1.807, 2.05) is 51.1 Å². The summed E-state index contributed by atoms with van der Waals surface area (Å²) in [6.45, 7) is 7.01. The average Bonchev–Trinajstić information content (AvgIpc) is 3.27. The summed E-state index contributed by atoms with van der Waals surface area (Å²) in [5.74, 6) is 1.02. The Labute approximate surface area is 237 Å². The molecule has 2 unspecified atom stereocenters. The Kier molecular flexibility index (Phi) is 8.11. The molecule has 7 heteroatoms. The molecule has 0 radical (unpaired) electrons. The van der Waals surface area contributed by atoms with Crippen LogP contribution in [0.25, 0.3) is 0 Å². The second-order valence-corrected chi connectivity index (χ2v) is 12.4. The standard InChI is InChI=1S/C33H39NO6.H2/c1-33(2,3)40-32(38)34-18-24-8-7-21(17-25(24)19-34)20-39-30-6-4-5-28-27(30)15-12-23(31(28)37)10-9-22-11-13-26(35)14-16-29(22)36;/h4-8,17,22-23H,9-16,18-20H2,1-3H3;1H. The fourth-order valence-corrected chi connectivity index (χ4v) is 6.08. The normalized spacial score (nSPS) is 21.1. The second kappa shape index (κ2) is 11.6. The molecule has 1 aliphatic heterocycles. The molecule has 2 atom stereocenters. The Morgan fingerprint density at radius 3 is 2.48 bits per heavy atom. The molecular weight excluding hydrogens is 506 g/mol. The van der Waals surface area contributed by atoms with Gasteiger partial charge in [0.2, 0.25) is 0 Å². The Bertz CT molecular complexity index is 1330. The third kappa shape index (κ3) is 6.45. The van der Waals surface area contributed by atoms with Crippen molar-refractivity contribution in [3.8, 4) is 5.75 Å². The maximum absolute atomic E-state index is 13.4. The first-order valence-corrected chi connectivity index (χ1v) is 14.5. The fraction of sp³-hybridized carbons (Fsp3) is 0.515. The number of ether oxygens (including phenoxy) is 2. The van der Waals surface area contributed by atoms with Gasteiger partial charge in [0, 0.05) is 56.7 Å². The number of carbonyl (C=O) groups is 4. The van der Waals surface area contributed by atoms with E-state index in [4.69, 9.17) is 9.47 Å². The van der Waals surface area contributed by atoms with Crippen molar-refractivity contribution in [2.75, 3.05) is 0 Å². The third-order valence-corrected chi connectivity index (χ3v) is 8.29. The van der Waals surface area contributed by atoms with E-state index in [-0.39, 0.29) is 36.7 Å². The van der Waals surface area contributed by atoms with Crippen LogP contribution in [0.1, 0.15) is 99.8 Å². The van der Waals surface area contributed by atoms with Gasteiger partial charge in [-0.1, -0.05) is 30.3 Å². The van der Waals surface area contributed by atoms with Gasteiger partial charge in [-0.3, -0.25) is 19.3 Å². The van der Waals surface area contributed by atoms with Crippen molar-refractivity contribution in [3.63, 3.8) is 0 Å². The Balaban J connectivity index is 0.00000387. The molecule has 1 saturated carbocycles. The highest BCUT2D eigenvalue weighted by Crippen LogP contribution is 2.36. The van der Waals surface area contributed by atoms with Crippen LogP contribution in [0.15, 0.2) is 36.4 Å². The lowest BCUT2D eigenvalue weighted by atomic mass is 9.78. The quantitative estimate of drug-likeness (QED) is 0.378. The van der Waals surface area contributed by atoms with E-state index >= 15 is 0 Å². The van der Waals surface area contributed by atoms with Crippen molar-refractivity contribution in [1.82, 2.24) is 4.90 Å².